The first kappa shape index (κ1) is 26.3. The van der Waals surface area contributed by atoms with Crippen molar-refractivity contribution in [3.05, 3.63) is 104 Å². The van der Waals surface area contributed by atoms with Gasteiger partial charge in [-0.15, -0.1) is 47.8 Å². The van der Waals surface area contributed by atoms with Gasteiger partial charge in [0.15, 0.2) is 0 Å². The van der Waals surface area contributed by atoms with E-state index in [0.717, 1.165) is 17.1 Å². The summed E-state index contributed by atoms with van der Waals surface area (Å²) in [5, 5.41) is 0. The van der Waals surface area contributed by atoms with Gasteiger partial charge < -0.3 is 24.3 Å². The Balaban J connectivity index is 0.00000304. The van der Waals surface area contributed by atoms with Crippen LogP contribution >= 0.6 is 0 Å². The van der Waals surface area contributed by atoms with E-state index in [-0.39, 0.29) is 32.1 Å². The molecule has 0 saturated heterocycles. The second-order valence-electron chi connectivity index (χ2n) is 10.5. The third kappa shape index (κ3) is 5.05. The second kappa shape index (κ2) is 9.95. The predicted molar refractivity (Wildman–Crippen MR) is 142 cm³/mol. The topological polar surface area (TPSA) is 22.2 Å². The van der Waals surface area contributed by atoms with Gasteiger partial charge >= 0.3 is 21.1 Å². The Morgan fingerprint density at radius 3 is 2.11 bits per heavy atom. The Morgan fingerprint density at radius 2 is 1.44 bits per heavy atom. The quantitative estimate of drug-likeness (QED) is 0.280. The van der Waals surface area contributed by atoms with Crippen molar-refractivity contribution in [1.82, 2.24) is 9.80 Å². The molecule has 0 radical (unpaired) electrons. The van der Waals surface area contributed by atoms with Crippen molar-refractivity contribution in [2.24, 2.45) is 0 Å². The largest absolute Gasteiger partial charge is 4.00 e. The summed E-state index contributed by atoms with van der Waals surface area (Å²) in [7, 11) is 2.11. The first-order chi connectivity index (χ1) is 16.6. The molecule has 0 saturated carbocycles. The molecule has 6 heteroatoms. The third-order valence-corrected chi connectivity index (χ3v) is 6.67. The van der Waals surface area contributed by atoms with E-state index >= 15 is 0 Å². The summed E-state index contributed by atoms with van der Waals surface area (Å²) in [6, 6.07) is 27.3. The SMILES string of the molecule is CN1[CH-]N(c2[c-]c(Oc3[c-]c(N4C=CN(C(C)(C)C)[CH-]4)ccc3)ccc2)c2ccccc2C1(C)C.[Pt+4]. The zero-order valence-corrected chi connectivity index (χ0v) is 23.9. The van der Waals surface area contributed by atoms with E-state index in [1.165, 1.54) is 5.56 Å². The minimum absolute atomic E-state index is 0. The smallest absolute Gasteiger partial charge is 0.509 e. The number of hydrogen-bond donors (Lipinski definition) is 0. The molecule has 0 unspecified atom stereocenters. The fraction of sp³-hybridized carbons (Fsp3) is 0.267. The van der Waals surface area contributed by atoms with Crippen LogP contribution in [0.1, 0.15) is 40.2 Å². The van der Waals surface area contributed by atoms with Gasteiger partial charge in [-0.05, 0) is 65.7 Å². The molecule has 0 bridgehead atoms. The number of anilines is 3. The number of hydrogen-bond acceptors (Lipinski definition) is 5. The average molecular weight is 660 g/mol. The Kier molecular flexibility index (Phi) is 7.28. The van der Waals surface area contributed by atoms with Gasteiger partial charge in [0.1, 0.15) is 0 Å². The van der Waals surface area contributed by atoms with Gasteiger partial charge in [-0.25, -0.2) is 0 Å². The number of para-hydroxylation sites is 1. The summed E-state index contributed by atoms with van der Waals surface area (Å²) in [5.74, 6) is 1.29. The number of rotatable bonds is 4. The Bertz CT molecular complexity index is 1250. The van der Waals surface area contributed by atoms with Crippen molar-refractivity contribution in [3.8, 4) is 11.5 Å². The maximum atomic E-state index is 6.22. The summed E-state index contributed by atoms with van der Waals surface area (Å²) < 4.78 is 6.22. The monoisotopic (exact) mass is 659 g/mol. The molecule has 2 aliphatic heterocycles. The third-order valence-electron chi connectivity index (χ3n) is 6.67. The summed E-state index contributed by atoms with van der Waals surface area (Å²) in [6.07, 6.45) is 4.11. The minimum atomic E-state index is -0.0970. The number of benzene rings is 3. The molecule has 0 atom stereocenters. The minimum Gasteiger partial charge on any atom is -0.509 e. The molecule has 0 aromatic heterocycles. The fourth-order valence-electron chi connectivity index (χ4n) is 4.26. The molecule has 2 aliphatic rings. The fourth-order valence-corrected chi connectivity index (χ4v) is 4.26. The van der Waals surface area contributed by atoms with Gasteiger partial charge in [0, 0.05) is 28.3 Å². The maximum absolute atomic E-state index is 6.22. The van der Waals surface area contributed by atoms with Crippen LogP contribution < -0.4 is 14.5 Å². The van der Waals surface area contributed by atoms with Gasteiger partial charge in [0.05, 0.1) is 0 Å². The first-order valence-corrected chi connectivity index (χ1v) is 11.9. The summed E-state index contributed by atoms with van der Waals surface area (Å²) in [4.78, 5) is 8.62. The molecule has 2 heterocycles. The van der Waals surface area contributed by atoms with Crippen molar-refractivity contribution in [2.45, 2.75) is 45.7 Å². The summed E-state index contributed by atoms with van der Waals surface area (Å²) in [5.41, 5.74) is 4.18. The molecule has 5 rings (SSSR count). The van der Waals surface area contributed by atoms with E-state index in [2.05, 4.69) is 123 Å². The van der Waals surface area contributed by atoms with Crippen LogP contribution in [0, 0.1) is 25.5 Å². The van der Waals surface area contributed by atoms with Crippen LogP contribution in [-0.4, -0.2) is 22.4 Å². The van der Waals surface area contributed by atoms with E-state index in [0.29, 0.717) is 11.5 Å². The standard InChI is InChI=1S/C30H32N4O.Pt/c1-29(2,3)33-18-17-32(22-33)23-11-9-13-25(19-23)35-26-14-10-12-24(20-26)34-21-31(6)30(4,5)27-15-7-8-16-28(27)34;/h7-18,21-22H,1-6H3;/q-4;+4. The molecule has 36 heavy (non-hydrogen) atoms. The van der Waals surface area contributed by atoms with Crippen LogP contribution in [0.3, 0.4) is 0 Å². The van der Waals surface area contributed by atoms with Crippen molar-refractivity contribution in [2.75, 3.05) is 16.8 Å². The number of nitrogens with zero attached hydrogens (tertiary/aromatic N) is 4. The van der Waals surface area contributed by atoms with E-state index < -0.39 is 0 Å². The molecular formula is C30H32N4OPt. The van der Waals surface area contributed by atoms with E-state index in [1.54, 1.807) is 0 Å². The van der Waals surface area contributed by atoms with Crippen molar-refractivity contribution < 1.29 is 25.8 Å². The van der Waals surface area contributed by atoms with Crippen molar-refractivity contribution in [1.29, 1.82) is 0 Å². The molecular weight excluding hydrogens is 627 g/mol. The molecule has 0 spiro atoms. The van der Waals surface area contributed by atoms with Crippen LogP contribution in [-0.2, 0) is 26.6 Å². The van der Waals surface area contributed by atoms with Gasteiger partial charge in [0.2, 0.25) is 0 Å². The first-order valence-electron chi connectivity index (χ1n) is 11.9. The van der Waals surface area contributed by atoms with Gasteiger partial charge in [-0.1, -0.05) is 18.2 Å². The van der Waals surface area contributed by atoms with Crippen LogP contribution in [0.4, 0.5) is 17.1 Å². The zero-order valence-electron chi connectivity index (χ0n) is 21.6. The van der Waals surface area contributed by atoms with Gasteiger partial charge in [-0.2, -0.15) is 25.5 Å². The van der Waals surface area contributed by atoms with Gasteiger partial charge in [0.25, 0.3) is 0 Å². The molecule has 0 amide bonds. The zero-order chi connectivity index (χ0) is 24.8. The Labute approximate surface area is 230 Å². The molecule has 3 aromatic carbocycles. The Hall–Kier alpha value is -2.75. The average Bonchev–Trinajstić information content (AvgIpc) is 3.33. The molecule has 5 nitrogen and oxygen atoms in total. The van der Waals surface area contributed by atoms with Crippen LogP contribution in [0.2, 0.25) is 0 Å². The number of fused-ring (bicyclic) bond motifs is 1. The maximum Gasteiger partial charge on any atom is 4.00 e. The van der Waals surface area contributed by atoms with E-state index in [4.69, 9.17) is 4.74 Å². The summed E-state index contributed by atoms with van der Waals surface area (Å²) in [6.45, 7) is 15.2. The number of ether oxygens (including phenoxy) is 1. The molecule has 0 N–H and O–H groups in total. The van der Waals surface area contributed by atoms with Crippen LogP contribution in [0.15, 0.2) is 73.1 Å². The van der Waals surface area contributed by atoms with E-state index in [1.807, 2.05) is 36.5 Å². The normalized spacial score (nSPS) is 17.1. The van der Waals surface area contributed by atoms with Crippen molar-refractivity contribution >= 4 is 17.1 Å². The second-order valence-corrected chi connectivity index (χ2v) is 10.5. The summed E-state index contributed by atoms with van der Waals surface area (Å²) >= 11 is 0. The van der Waals surface area contributed by atoms with Crippen LogP contribution in [0.5, 0.6) is 11.5 Å². The van der Waals surface area contributed by atoms with Crippen molar-refractivity contribution in [3.63, 3.8) is 0 Å². The molecule has 188 valence electrons. The van der Waals surface area contributed by atoms with Crippen LogP contribution in [0.25, 0.3) is 0 Å². The molecule has 3 aromatic rings. The Morgan fingerprint density at radius 1 is 0.806 bits per heavy atom. The molecule has 0 fully saturated rings. The molecule has 0 aliphatic carbocycles. The van der Waals surface area contributed by atoms with Gasteiger partial charge in [-0.3, -0.25) is 0 Å². The van der Waals surface area contributed by atoms with E-state index in [9.17, 15) is 0 Å². The predicted octanol–water partition coefficient (Wildman–Crippen LogP) is 7.03.